The number of allylic oxidation sites excluding steroid dienone is 2. The van der Waals surface area contributed by atoms with Gasteiger partial charge in [-0.2, -0.15) is 5.10 Å². The van der Waals surface area contributed by atoms with Crippen LogP contribution in [-0.2, 0) is 19.3 Å². The number of fused-ring (bicyclic) bond motifs is 7. The topological polar surface area (TPSA) is 80.0 Å². The van der Waals surface area contributed by atoms with E-state index >= 15 is 0 Å². The average molecular weight is 425 g/mol. The van der Waals surface area contributed by atoms with Crippen molar-refractivity contribution in [2.24, 2.45) is 0 Å². The number of pyridine rings is 1. The van der Waals surface area contributed by atoms with Gasteiger partial charge in [-0.3, -0.25) is 4.79 Å². The Morgan fingerprint density at radius 1 is 1.00 bits per heavy atom. The van der Waals surface area contributed by atoms with Gasteiger partial charge in [-0.1, -0.05) is 42.5 Å². The van der Waals surface area contributed by atoms with Crippen LogP contribution < -0.4 is 5.32 Å². The second kappa shape index (κ2) is 8.77. The molecule has 160 valence electrons. The van der Waals surface area contributed by atoms with Crippen LogP contribution in [0.15, 0.2) is 79.1 Å². The van der Waals surface area contributed by atoms with E-state index in [-0.39, 0.29) is 12.5 Å². The molecule has 2 aromatic heterocycles. The smallest absolute Gasteiger partial charge is 0.255 e. The number of nitrogens with zero attached hydrogens (tertiary/aromatic N) is 3. The summed E-state index contributed by atoms with van der Waals surface area (Å²) in [7, 11) is 0. The first-order valence-electron chi connectivity index (χ1n) is 10.8. The molecule has 0 unspecified atom stereocenters. The molecule has 4 heterocycles. The fourth-order valence-electron chi connectivity index (χ4n) is 4.03. The molecule has 2 aromatic carbocycles. The number of carbonyl (C=O) groups excluding carboxylic acids is 1. The first kappa shape index (κ1) is 20.2. The summed E-state index contributed by atoms with van der Waals surface area (Å²) in [5.74, 6) is 0.174. The quantitative estimate of drug-likeness (QED) is 0.459. The molecule has 2 aliphatic heterocycles. The third-order valence-corrected chi connectivity index (χ3v) is 5.75. The molecule has 1 atom stereocenters. The Bertz CT molecular complexity index is 1290. The van der Waals surface area contributed by atoms with Gasteiger partial charge >= 0.3 is 0 Å². The normalized spacial score (nSPS) is 16.5. The Morgan fingerprint density at radius 2 is 1.75 bits per heavy atom. The monoisotopic (exact) mass is 424 g/mol. The molecule has 0 aliphatic carbocycles. The Morgan fingerprint density at radius 3 is 2.56 bits per heavy atom. The molecule has 0 fully saturated rings. The summed E-state index contributed by atoms with van der Waals surface area (Å²) in [6.45, 7) is -0.153. The van der Waals surface area contributed by atoms with E-state index in [1.807, 2.05) is 12.3 Å². The molecule has 4 aromatic rings. The highest BCUT2D eigenvalue weighted by atomic mass is 16.3. The lowest BCUT2D eigenvalue weighted by Gasteiger charge is -2.17. The lowest BCUT2D eigenvalue weighted by molar-refractivity contribution is 0.0916. The van der Waals surface area contributed by atoms with E-state index in [0.717, 1.165) is 29.3 Å². The van der Waals surface area contributed by atoms with Crippen molar-refractivity contribution in [1.82, 2.24) is 20.1 Å². The van der Waals surface area contributed by atoms with E-state index in [2.05, 4.69) is 63.9 Å². The standard InChI is InChI=1S/C26H24N4O2/c31-17-22-15-20-9-7-18(8-10-20)4-1-2-5-19-11-12-24-21(14-19)16-30(29-24)25-23(26(32)28-22)6-3-13-27-25/h1-3,6-14,16,22,31H,4-5,15,17H2,(H,28,32)/t22-/m0/s1. The molecule has 6 heteroatoms. The number of aliphatic hydroxyl groups is 1. The fourth-order valence-corrected chi connectivity index (χ4v) is 4.03. The first-order chi connectivity index (χ1) is 15.7. The average Bonchev–Trinajstić information content (AvgIpc) is 3.25. The molecular formula is C26H24N4O2. The van der Waals surface area contributed by atoms with E-state index in [9.17, 15) is 9.90 Å². The van der Waals surface area contributed by atoms with Crippen molar-refractivity contribution in [1.29, 1.82) is 0 Å². The molecule has 6 rings (SSSR count). The summed E-state index contributed by atoms with van der Waals surface area (Å²) < 4.78 is 1.65. The van der Waals surface area contributed by atoms with Crippen LogP contribution >= 0.6 is 0 Å². The number of rotatable bonds is 1. The van der Waals surface area contributed by atoms with Crippen molar-refractivity contribution in [2.75, 3.05) is 6.61 Å². The van der Waals surface area contributed by atoms with E-state index in [1.54, 1.807) is 23.0 Å². The maximum Gasteiger partial charge on any atom is 0.255 e. The van der Waals surface area contributed by atoms with Crippen LogP contribution in [0.25, 0.3) is 16.7 Å². The minimum Gasteiger partial charge on any atom is -0.394 e. The van der Waals surface area contributed by atoms with Gasteiger partial charge in [-0.15, -0.1) is 0 Å². The third-order valence-electron chi connectivity index (χ3n) is 5.75. The highest BCUT2D eigenvalue weighted by Gasteiger charge is 2.19. The molecule has 0 saturated carbocycles. The predicted octanol–water partition coefficient (Wildman–Crippen LogP) is 3.41. The van der Waals surface area contributed by atoms with E-state index in [0.29, 0.717) is 17.8 Å². The van der Waals surface area contributed by atoms with Gasteiger partial charge in [-0.05, 0) is 60.2 Å². The zero-order valence-electron chi connectivity index (χ0n) is 17.6. The Balaban J connectivity index is 1.58. The number of aromatic nitrogens is 3. The SMILES string of the molecule is O=C1N[C@H](CO)Cc2ccc(cc2)CC=CCc2ccc3nn(cc3c2)-c2ncccc21. The highest BCUT2D eigenvalue weighted by molar-refractivity contribution is 5.97. The Hall–Kier alpha value is -3.77. The number of hydrogen-bond acceptors (Lipinski definition) is 4. The lowest BCUT2D eigenvalue weighted by atomic mass is 10.0. The molecule has 32 heavy (non-hydrogen) atoms. The maximum absolute atomic E-state index is 13.1. The van der Waals surface area contributed by atoms with Crippen molar-refractivity contribution in [2.45, 2.75) is 25.3 Å². The predicted molar refractivity (Wildman–Crippen MR) is 124 cm³/mol. The van der Waals surface area contributed by atoms with Crippen molar-refractivity contribution in [3.8, 4) is 5.82 Å². The second-order valence-corrected chi connectivity index (χ2v) is 8.09. The molecule has 0 spiro atoms. The van der Waals surface area contributed by atoms with Gasteiger partial charge in [0, 0.05) is 17.8 Å². The summed E-state index contributed by atoms with van der Waals surface area (Å²) in [5.41, 5.74) is 4.75. The molecule has 1 amide bonds. The maximum atomic E-state index is 13.1. The van der Waals surface area contributed by atoms with Crippen LogP contribution in [0.5, 0.6) is 0 Å². The van der Waals surface area contributed by atoms with Gasteiger partial charge in [0.2, 0.25) is 0 Å². The largest absolute Gasteiger partial charge is 0.394 e. The summed E-state index contributed by atoms with van der Waals surface area (Å²) in [6, 6.07) is 17.6. The fraction of sp³-hybridized carbons (Fsp3) is 0.192. The Labute approximate surface area is 186 Å². The van der Waals surface area contributed by atoms with Gasteiger partial charge in [0.15, 0.2) is 5.82 Å². The third kappa shape index (κ3) is 4.18. The van der Waals surface area contributed by atoms with Crippen LogP contribution in [0.2, 0.25) is 0 Å². The van der Waals surface area contributed by atoms with Gasteiger partial charge in [0.1, 0.15) is 0 Å². The van der Waals surface area contributed by atoms with Crippen LogP contribution in [0.1, 0.15) is 27.0 Å². The first-order valence-corrected chi connectivity index (χ1v) is 10.8. The van der Waals surface area contributed by atoms with E-state index in [4.69, 9.17) is 0 Å². The van der Waals surface area contributed by atoms with Crippen LogP contribution in [0, 0.1) is 0 Å². The summed E-state index contributed by atoms with van der Waals surface area (Å²) in [5, 5.41) is 18.5. The van der Waals surface area contributed by atoms with Crippen molar-refractivity contribution in [3.05, 3.63) is 101 Å². The minimum absolute atomic E-state index is 0.153. The van der Waals surface area contributed by atoms with Crippen molar-refractivity contribution in [3.63, 3.8) is 0 Å². The number of aliphatic hydroxyl groups excluding tert-OH is 1. The highest BCUT2D eigenvalue weighted by Crippen LogP contribution is 2.20. The number of nitrogens with one attached hydrogen (secondary N) is 1. The number of amides is 1. The zero-order chi connectivity index (χ0) is 21.9. The number of carbonyl (C=O) groups is 1. The van der Waals surface area contributed by atoms with E-state index in [1.165, 1.54) is 11.1 Å². The van der Waals surface area contributed by atoms with Crippen molar-refractivity contribution >= 4 is 16.8 Å². The molecule has 0 radical (unpaired) electrons. The van der Waals surface area contributed by atoms with Crippen LogP contribution in [0.3, 0.4) is 0 Å². The molecule has 2 aliphatic rings. The van der Waals surface area contributed by atoms with Gasteiger partial charge in [-0.25, -0.2) is 9.67 Å². The molecule has 0 saturated heterocycles. The van der Waals surface area contributed by atoms with Gasteiger partial charge in [0.05, 0.1) is 23.7 Å². The molecule has 2 N–H and O–H groups in total. The molecule has 5 bridgehead atoms. The number of hydrogen-bond donors (Lipinski definition) is 2. The number of benzene rings is 2. The zero-order valence-corrected chi connectivity index (χ0v) is 17.6. The van der Waals surface area contributed by atoms with Gasteiger partial charge in [0.25, 0.3) is 5.91 Å². The summed E-state index contributed by atoms with van der Waals surface area (Å²) in [4.78, 5) is 17.5. The second-order valence-electron chi connectivity index (χ2n) is 8.09. The summed E-state index contributed by atoms with van der Waals surface area (Å²) >= 11 is 0. The molecular weight excluding hydrogens is 400 g/mol. The van der Waals surface area contributed by atoms with Crippen LogP contribution in [0.4, 0.5) is 0 Å². The van der Waals surface area contributed by atoms with E-state index < -0.39 is 6.04 Å². The molecule has 6 nitrogen and oxygen atoms in total. The lowest BCUT2D eigenvalue weighted by Crippen LogP contribution is -2.39. The van der Waals surface area contributed by atoms with Crippen molar-refractivity contribution < 1.29 is 9.90 Å². The summed E-state index contributed by atoms with van der Waals surface area (Å²) in [6.07, 6.45) is 10.2. The van der Waals surface area contributed by atoms with Crippen LogP contribution in [-0.4, -0.2) is 38.4 Å². The van der Waals surface area contributed by atoms with Gasteiger partial charge < -0.3 is 10.4 Å². The minimum atomic E-state index is -0.400. The Kier molecular flexibility index (Phi) is 5.52.